The van der Waals surface area contributed by atoms with Gasteiger partial charge in [0.05, 0.1) is 11.5 Å². The fourth-order valence-electron chi connectivity index (χ4n) is 3.98. The van der Waals surface area contributed by atoms with Gasteiger partial charge in [0.15, 0.2) is 9.84 Å². The number of sulfone groups is 1. The summed E-state index contributed by atoms with van der Waals surface area (Å²) in [6.07, 6.45) is 2.23. The zero-order valence-electron chi connectivity index (χ0n) is 16.7. The number of benzene rings is 2. The summed E-state index contributed by atoms with van der Waals surface area (Å²) < 4.78 is 25.3. The van der Waals surface area contributed by atoms with Gasteiger partial charge in [0.25, 0.3) is 0 Å². The first-order valence-electron chi connectivity index (χ1n) is 10.4. The van der Waals surface area contributed by atoms with E-state index in [0.717, 1.165) is 61.5 Å². The average molecular weight is 415 g/mol. The molecule has 29 heavy (non-hydrogen) atoms. The van der Waals surface area contributed by atoms with E-state index in [1.54, 1.807) is 0 Å². The fourth-order valence-corrected chi connectivity index (χ4v) is 5.48. The van der Waals surface area contributed by atoms with Gasteiger partial charge in [-0.2, -0.15) is 0 Å². The molecule has 2 aliphatic heterocycles. The predicted molar refractivity (Wildman–Crippen MR) is 119 cm³/mol. The minimum absolute atomic E-state index is 0.0615. The van der Waals surface area contributed by atoms with Crippen LogP contribution in [0.3, 0.4) is 0 Å². The van der Waals surface area contributed by atoms with E-state index < -0.39 is 9.84 Å². The van der Waals surface area contributed by atoms with Crippen LogP contribution in [0.5, 0.6) is 0 Å². The average Bonchev–Trinajstić information content (AvgIpc) is 3.39. The molecule has 0 amide bonds. The minimum Gasteiger partial charge on any atom is -0.381 e. The van der Waals surface area contributed by atoms with Gasteiger partial charge in [0.2, 0.25) is 0 Å². The number of hydrogen-bond donors (Lipinski definition) is 4. The van der Waals surface area contributed by atoms with Gasteiger partial charge < -0.3 is 21.3 Å². The maximum absolute atomic E-state index is 12.6. The van der Waals surface area contributed by atoms with Crippen molar-refractivity contribution in [3.05, 3.63) is 59.7 Å². The van der Waals surface area contributed by atoms with Gasteiger partial charge in [0.1, 0.15) is 0 Å². The quantitative estimate of drug-likeness (QED) is 0.531. The van der Waals surface area contributed by atoms with Crippen molar-refractivity contribution in [1.82, 2.24) is 10.6 Å². The molecule has 156 valence electrons. The summed E-state index contributed by atoms with van der Waals surface area (Å²) in [4.78, 5) is 0. The maximum Gasteiger partial charge on any atom is 0.158 e. The Balaban J connectivity index is 1.31. The van der Waals surface area contributed by atoms with E-state index in [9.17, 15) is 8.42 Å². The van der Waals surface area contributed by atoms with E-state index in [4.69, 9.17) is 0 Å². The predicted octanol–water partition coefficient (Wildman–Crippen LogP) is 2.35. The zero-order valence-corrected chi connectivity index (χ0v) is 17.5. The van der Waals surface area contributed by atoms with Gasteiger partial charge in [-0.15, -0.1) is 0 Å². The number of hydrogen-bond acceptors (Lipinski definition) is 6. The first-order valence-corrected chi connectivity index (χ1v) is 12.2. The molecule has 0 aliphatic carbocycles. The highest BCUT2D eigenvalue weighted by molar-refractivity contribution is 7.89. The molecule has 0 spiro atoms. The highest BCUT2D eigenvalue weighted by Gasteiger charge is 2.16. The Kier molecular flexibility index (Phi) is 6.37. The second kappa shape index (κ2) is 9.15. The third-order valence-electron chi connectivity index (χ3n) is 5.54. The number of nitrogens with one attached hydrogen (secondary N) is 4. The third-order valence-corrected chi connectivity index (χ3v) is 7.09. The Morgan fingerprint density at radius 2 is 1.14 bits per heavy atom. The van der Waals surface area contributed by atoms with Gasteiger partial charge in [-0.3, -0.25) is 0 Å². The monoisotopic (exact) mass is 414 g/mol. The van der Waals surface area contributed by atoms with E-state index in [2.05, 4.69) is 21.3 Å². The van der Waals surface area contributed by atoms with Gasteiger partial charge in [-0.1, -0.05) is 24.3 Å². The molecule has 2 saturated heterocycles. The second-order valence-electron chi connectivity index (χ2n) is 8.09. The summed E-state index contributed by atoms with van der Waals surface area (Å²) in [5, 5.41) is 13.6. The van der Waals surface area contributed by atoms with Crippen molar-refractivity contribution in [1.29, 1.82) is 0 Å². The first kappa shape index (κ1) is 20.2. The molecule has 0 saturated carbocycles. The summed E-state index contributed by atoms with van der Waals surface area (Å²) in [6.45, 7) is 4.04. The lowest BCUT2D eigenvalue weighted by atomic mass is 10.2. The van der Waals surface area contributed by atoms with Crippen molar-refractivity contribution in [2.24, 2.45) is 0 Å². The smallest absolute Gasteiger partial charge is 0.158 e. The molecule has 0 bridgehead atoms. The molecule has 2 aromatic rings. The molecule has 7 heteroatoms. The summed E-state index contributed by atoms with van der Waals surface area (Å²) >= 11 is 0. The van der Waals surface area contributed by atoms with Crippen molar-refractivity contribution in [3.63, 3.8) is 0 Å². The molecule has 2 heterocycles. The third kappa shape index (κ3) is 5.95. The highest BCUT2D eigenvalue weighted by atomic mass is 32.2. The van der Waals surface area contributed by atoms with Crippen LogP contribution in [0.15, 0.2) is 48.5 Å². The summed E-state index contributed by atoms with van der Waals surface area (Å²) in [5.41, 5.74) is 3.74. The van der Waals surface area contributed by atoms with Crippen molar-refractivity contribution in [2.45, 2.75) is 36.4 Å². The first-order chi connectivity index (χ1) is 14.1. The van der Waals surface area contributed by atoms with Crippen LogP contribution in [-0.4, -0.2) is 46.7 Å². The van der Waals surface area contributed by atoms with Crippen molar-refractivity contribution < 1.29 is 8.42 Å². The molecule has 2 atom stereocenters. The maximum atomic E-state index is 12.6. The van der Waals surface area contributed by atoms with Crippen molar-refractivity contribution in [2.75, 3.05) is 36.8 Å². The molecular weight excluding hydrogens is 384 g/mol. The molecule has 2 fully saturated rings. The number of anilines is 2. The van der Waals surface area contributed by atoms with Crippen LogP contribution in [0.25, 0.3) is 0 Å². The van der Waals surface area contributed by atoms with E-state index in [0.29, 0.717) is 12.1 Å². The second-order valence-corrected chi connectivity index (χ2v) is 10.2. The molecule has 2 aliphatic rings. The van der Waals surface area contributed by atoms with Gasteiger partial charge in [-0.25, -0.2) is 8.42 Å². The molecule has 0 radical (unpaired) electrons. The van der Waals surface area contributed by atoms with E-state index in [1.807, 2.05) is 48.5 Å². The van der Waals surface area contributed by atoms with E-state index >= 15 is 0 Å². The lowest BCUT2D eigenvalue weighted by Crippen LogP contribution is -2.22. The molecule has 0 aromatic heterocycles. The van der Waals surface area contributed by atoms with Crippen LogP contribution in [0, 0.1) is 0 Å². The van der Waals surface area contributed by atoms with E-state index in [1.165, 1.54) is 0 Å². The van der Waals surface area contributed by atoms with Crippen LogP contribution in [0.1, 0.15) is 24.0 Å². The Hall–Kier alpha value is -2.09. The minimum atomic E-state index is -3.22. The van der Waals surface area contributed by atoms with Crippen LogP contribution in [0.2, 0.25) is 0 Å². The Labute approximate surface area is 173 Å². The van der Waals surface area contributed by atoms with Gasteiger partial charge in [-0.05, 0) is 61.3 Å². The summed E-state index contributed by atoms with van der Waals surface area (Å²) in [6, 6.07) is 16.4. The molecular formula is C22H30N4O2S. The molecule has 2 aromatic carbocycles. The lowest BCUT2D eigenvalue weighted by molar-refractivity contribution is 0.594. The van der Waals surface area contributed by atoms with E-state index in [-0.39, 0.29) is 11.5 Å². The number of rotatable bonds is 8. The zero-order chi connectivity index (χ0) is 20.1. The van der Waals surface area contributed by atoms with Crippen LogP contribution >= 0.6 is 0 Å². The van der Waals surface area contributed by atoms with Gasteiger partial charge in [0, 0.05) is 36.5 Å². The van der Waals surface area contributed by atoms with Crippen LogP contribution < -0.4 is 21.3 Å². The SMILES string of the molecule is O=S(=O)(Cc1ccc(NC2CCNC2)cc1)Cc1ccc(NC2CCNC2)cc1. The Morgan fingerprint density at radius 1 is 0.724 bits per heavy atom. The molecule has 4 N–H and O–H groups in total. The normalized spacial score (nSPS) is 21.9. The van der Waals surface area contributed by atoms with Crippen molar-refractivity contribution >= 4 is 21.2 Å². The van der Waals surface area contributed by atoms with Crippen LogP contribution in [0.4, 0.5) is 11.4 Å². The summed E-state index contributed by atoms with van der Waals surface area (Å²) in [5.74, 6) is 0.123. The largest absolute Gasteiger partial charge is 0.381 e. The van der Waals surface area contributed by atoms with Crippen LogP contribution in [-0.2, 0) is 21.3 Å². The fraction of sp³-hybridized carbons (Fsp3) is 0.455. The van der Waals surface area contributed by atoms with Gasteiger partial charge >= 0.3 is 0 Å². The summed E-state index contributed by atoms with van der Waals surface area (Å²) in [7, 11) is -3.22. The van der Waals surface area contributed by atoms with Crippen molar-refractivity contribution in [3.8, 4) is 0 Å². The Bertz CT molecular complexity index is 816. The highest BCUT2D eigenvalue weighted by Crippen LogP contribution is 2.19. The molecule has 6 nitrogen and oxygen atoms in total. The Morgan fingerprint density at radius 3 is 1.48 bits per heavy atom. The standard InChI is InChI=1S/C22H30N4O2S/c27-29(28,15-17-1-5-19(6-2-17)25-21-9-11-23-13-21)16-18-3-7-20(8-4-18)26-22-10-12-24-14-22/h1-8,21-26H,9-16H2. The molecule has 2 unspecified atom stereocenters. The molecule has 4 rings (SSSR count). The lowest BCUT2D eigenvalue weighted by Gasteiger charge is -2.14. The topological polar surface area (TPSA) is 82.3 Å².